The van der Waals surface area contributed by atoms with Gasteiger partial charge in [0.05, 0.1) is 31.1 Å². The van der Waals surface area contributed by atoms with Crippen molar-refractivity contribution in [3.63, 3.8) is 0 Å². The summed E-state index contributed by atoms with van der Waals surface area (Å²) in [5.74, 6) is -0.980. The van der Waals surface area contributed by atoms with Crippen molar-refractivity contribution in [1.82, 2.24) is 9.88 Å². The standard InChI is InChI=1S/C23H26N2O5/c1-14(2)30-12-11-25-20(17-7-5-6-10-24-17)19(22(27)23(25)28)21(26)16-8-9-18(29-4)15(3)13-16/h5-10,13-14,20,26H,11-12H2,1-4H3/b21-19-. The number of Topliss-reactive ketones (excluding diaryl/α,β-unsaturated/α-hetero) is 1. The molecule has 1 N–H and O–H groups in total. The van der Waals surface area contributed by atoms with Crippen LogP contribution >= 0.6 is 0 Å². The van der Waals surface area contributed by atoms with Gasteiger partial charge in [-0.25, -0.2) is 0 Å². The molecule has 1 aromatic carbocycles. The van der Waals surface area contributed by atoms with Gasteiger partial charge in [-0.3, -0.25) is 14.6 Å². The van der Waals surface area contributed by atoms with Crippen LogP contribution in [0.25, 0.3) is 5.76 Å². The lowest BCUT2D eigenvalue weighted by atomic mass is 9.97. The van der Waals surface area contributed by atoms with Crippen molar-refractivity contribution in [2.75, 3.05) is 20.3 Å². The van der Waals surface area contributed by atoms with Gasteiger partial charge in [0, 0.05) is 18.3 Å². The zero-order valence-electron chi connectivity index (χ0n) is 17.6. The number of rotatable bonds is 7. The molecule has 0 bridgehead atoms. The Balaban J connectivity index is 2.08. The van der Waals surface area contributed by atoms with E-state index < -0.39 is 17.7 Å². The van der Waals surface area contributed by atoms with E-state index in [4.69, 9.17) is 9.47 Å². The SMILES string of the molecule is COc1ccc(/C(O)=C2/C(=O)C(=O)N(CCOC(C)C)C2c2ccccn2)cc1C. The van der Waals surface area contributed by atoms with Gasteiger partial charge in [-0.1, -0.05) is 6.07 Å². The summed E-state index contributed by atoms with van der Waals surface area (Å²) in [5.41, 5.74) is 1.77. The fraction of sp³-hybridized carbons (Fsp3) is 0.348. The highest BCUT2D eigenvalue weighted by Crippen LogP contribution is 2.38. The predicted octanol–water partition coefficient (Wildman–Crippen LogP) is 3.25. The summed E-state index contributed by atoms with van der Waals surface area (Å²) < 4.78 is 10.8. The van der Waals surface area contributed by atoms with Crippen LogP contribution in [0.5, 0.6) is 5.75 Å². The monoisotopic (exact) mass is 410 g/mol. The third kappa shape index (κ3) is 4.21. The number of likely N-dealkylation sites (tertiary alicyclic amines) is 1. The number of pyridine rings is 1. The number of aromatic nitrogens is 1. The molecule has 7 nitrogen and oxygen atoms in total. The molecule has 30 heavy (non-hydrogen) atoms. The van der Waals surface area contributed by atoms with Gasteiger partial charge in [0.2, 0.25) is 0 Å². The average molecular weight is 410 g/mol. The van der Waals surface area contributed by atoms with Crippen LogP contribution in [0.1, 0.15) is 36.7 Å². The number of aliphatic hydroxyl groups is 1. The summed E-state index contributed by atoms with van der Waals surface area (Å²) in [6.07, 6.45) is 1.59. The fourth-order valence-corrected chi connectivity index (χ4v) is 3.52. The molecule has 1 saturated heterocycles. The molecule has 1 atom stereocenters. The molecule has 1 amide bonds. The van der Waals surface area contributed by atoms with E-state index in [9.17, 15) is 14.7 Å². The number of hydrogen-bond acceptors (Lipinski definition) is 6. The largest absolute Gasteiger partial charge is 0.507 e. The smallest absolute Gasteiger partial charge is 0.295 e. The van der Waals surface area contributed by atoms with E-state index in [1.54, 1.807) is 49.7 Å². The van der Waals surface area contributed by atoms with Gasteiger partial charge in [0.25, 0.3) is 11.7 Å². The first-order chi connectivity index (χ1) is 14.3. The zero-order chi connectivity index (χ0) is 21.8. The minimum absolute atomic E-state index is 0.00241. The van der Waals surface area contributed by atoms with Gasteiger partial charge in [-0.2, -0.15) is 0 Å². The quantitative estimate of drug-likeness (QED) is 0.428. The van der Waals surface area contributed by atoms with E-state index in [-0.39, 0.29) is 30.6 Å². The Bertz CT molecular complexity index is 969. The van der Waals surface area contributed by atoms with Crippen LogP contribution in [-0.2, 0) is 14.3 Å². The number of carbonyl (C=O) groups is 2. The molecule has 1 aliphatic heterocycles. The second-order valence-corrected chi connectivity index (χ2v) is 7.35. The van der Waals surface area contributed by atoms with Crippen LogP contribution in [0, 0.1) is 6.92 Å². The fourth-order valence-electron chi connectivity index (χ4n) is 3.52. The highest BCUT2D eigenvalue weighted by molar-refractivity contribution is 6.46. The summed E-state index contributed by atoms with van der Waals surface area (Å²) in [7, 11) is 1.56. The molecule has 1 unspecified atom stereocenters. The molecule has 2 aromatic rings. The van der Waals surface area contributed by atoms with Crippen LogP contribution < -0.4 is 4.74 Å². The normalized spacial score (nSPS) is 18.3. The van der Waals surface area contributed by atoms with Gasteiger partial charge in [-0.05, 0) is 56.7 Å². The first kappa shape index (κ1) is 21.5. The lowest BCUT2D eigenvalue weighted by Gasteiger charge is -2.24. The number of ether oxygens (including phenoxy) is 2. The maximum absolute atomic E-state index is 12.9. The Labute approximate surface area is 175 Å². The Morgan fingerprint density at radius 3 is 2.60 bits per heavy atom. The Kier molecular flexibility index (Phi) is 6.52. The van der Waals surface area contributed by atoms with Gasteiger partial charge < -0.3 is 19.5 Å². The Morgan fingerprint density at radius 1 is 1.23 bits per heavy atom. The van der Waals surface area contributed by atoms with Crippen LogP contribution in [0.3, 0.4) is 0 Å². The minimum Gasteiger partial charge on any atom is -0.507 e. The molecule has 7 heteroatoms. The van der Waals surface area contributed by atoms with E-state index in [1.807, 2.05) is 20.8 Å². The molecule has 1 aliphatic rings. The lowest BCUT2D eigenvalue weighted by Crippen LogP contribution is -2.33. The van der Waals surface area contributed by atoms with Crippen molar-refractivity contribution in [3.05, 3.63) is 65.0 Å². The summed E-state index contributed by atoms with van der Waals surface area (Å²) in [5, 5.41) is 11.0. The molecule has 1 aromatic heterocycles. The van der Waals surface area contributed by atoms with Crippen LogP contribution in [-0.4, -0.2) is 53.0 Å². The second-order valence-electron chi connectivity index (χ2n) is 7.35. The molecule has 0 saturated carbocycles. The van der Waals surface area contributed by atoms with E-state index in [1.165, 1.54) is 4.90 Å². The van der Waals surface area contributed by atoms with Gasteiger partial charge in [-0.15, -0.1) is 0 Å². The maximum Gasteiger partial charge on any atom is 0.295 e. The van der Waals surface area contributed by atoms with Crippen molar-refractivity contribution in [3.8, 4) is 5.75 Å². The molecule has 1 fully saturated rings. The van der Waals surface area contributed by atoms with E-state index in [0.29, 0.717) is 17.0 Å². The number of hydrogen-bond donors (Lipinski definition) is 1. The Morgan fingerprint density at radius 2 is 2.00 bits per heavy atom. The summed E-state index contributed by atoms with van der Waals surface area (Å²) in [6.45, 7) is 6.12. The summed E-state index contributed by atoms with van der Waals surface area (Å²) in [4.78, 5) is 31.5. The van der Waals surface area contributed by atoms with E-state index in [2.05, 4.69) is 4.98 Å². The van der Waals surface area contributed by atoms with Crippen LogP contribution in [0.15, 0.2) is 48.2 Å². The first-order valence-corrected chi connectivity index (χ1v) is 9.81. The number of aliphatic hydroxyl groups excluding tert-OH is 1. The van der Waals surface area contributed by atoms with Crippen molar-refractivity contribution in [2.45, 2.75) is 32.9 Å². The van der Waals surface area contributed by atoms with Crippen molar-refractivity contribution in [1.29, 1.82) is 0 Å². The molecular formula is C23H26N2O5. The van der Waals surface area contributed by atoms with Crippen molar-refractivity contribution in [2.24, 2.45) is 0 Å². The first-order valence-electron chi connectivity index (χ1n) is 9.81. The minimum atomic E-state index is -0.788. The Hall–Kier alpha value is -3.19. The third-order valence-electron chi connectivity index (χ3n) is 4.96. The highest BCUT2D eigenvalue weighted by atomic mass is 16.5. The number of benzene rings is 1. The summed E-state index contributed by atoms with van der Waals surface area (Å²) >= 11 is 0. The lowest BCUT2D eigenvalue weighted by molar-refractivity contribution is -0.140. The van der Waals surface area contributed by atoms with E-state index >= 15 is 0 Å². The molecule has 0 spiro atoms. The molecule has 0 aliphatic carbocycles. The third-order valence-corrected chi connectivity index (χ3v) is 4.96. The van der Waals surface area contributed by atoms with Gasteiger partial charge >= 0.3 is 0 Å². The topological polar surface area (TPSA) is 89.0 Å². The predicted molar refractivity (Wildman–Crippen MR) is 112 cm³/mol. The second kappa shape index (κ2) is 9.09. The number of amides is 1. The van der Waals surface area contributed by atoms with Gasteiger partial charge in [0.1, 0.15) is 17.6 Å². The van der Waals surface area contributed by atoms with Crippen LogP contribution in [0.2, 0.25) is 0 Å². The van der Waals surface area contributed by atoms with Crippen molar-refractivity contribution < 1.29 is 24.2 Å². The number of ketones is 1. The molecule has 2 heterocycles. The average Bonchev–Trinajstić information content (AvgIpc) is 2.98. The van der Waals surface area contributed by atoms with E-state index in [0.717, 1.165) is 5.56 Å². The number of nitrogens with zero attached hydrogens (tertiary/aromatic N) is 2. The zero-order valence-corrected chi connectivity index (χ0v) is 17.6. The van der Waals surface area contributed by atoms with Crippen LogP contribution in [0.4, 0.5) is 0 Å². The summed E-state index contributed by atoms with van der Waals surface area (Å²) in [6, 6.07) is 9.58. The molecule has 0 radical (unpaired) electrons. The molecule has 3 rings (SSSR count). The molecule has 158 valence electrons. The highest BCUT2D eigenvalue weighted by Gasteiger charge is 2.46. The molecular weight excluding hydrogens is 384 g/mol. The number of aryl methyl sites for hydroxylation is 1. The van der Waals surface area contributed by atoms with Gasteiger partial charge in [0.15, 0.2) is 0 Å². The number of methoxy groups -OCH3 is 1. The van der Waals surface area contributed by atoms with Crippen molar-refractivity contribution >= 4 is 17.4 Å². The maximum atomic E-state index is 12.9. The number of carbonyl (C=O) groups excluding carboxylic acids is 2.